The molecular weight excluding hydrogens is 256 g/mol. The Morgan fingerprint density at radius 2 is 2.00 bits per heavy atom. The number of pyridine rings is 1. The molecule has 0 radical (unpaired) electrons. The Morgan fingerprint density at radius 3 is 2.70 bits per heavy atom. The fourth-order valence-corrected chi connectivity index (χ4v) is 1.70. The van der Waals surface area contributed by atoms with Gasteiger partial charge in [0.1, 0.15) is 0 Å². The molecule has 0 aliphatic rings. The van der Waals surface area contributed by atoms with Crippen molar-refractivity contribution in [2.75, 3.05) is 19.0 Å². The lowest BCUT2D eigenvalue weighted by atomic mass is 10.3. The van der Waals surface area contributed by atoms with E-state index in [2.05, 4.69) is 10.3 Å². The van der Waals surface area contributed by atoms with Crippen LogP contribution in [0.3, 0.4) is 0 Å². The molecule has 1 amide bonds. The standard InChI is InChI=1S/C15H16N2O3/c1-11-7-12(9-16-8-11)17-15(18)10-20-14-6-4-3-5-13(14)19-2/h3-9H,10H2,1-2H3,(H,17,18). The summed E-state index contributed by atoms with van der Waals surface area (Å²) in [7, 11) is 1.56. The van der Waals surface area contributed by atoms with Crippen LogP contribution in [0, 0.1) is 6.92 Å². The van der Waals surface area contributed by atoms with Gasteiger partial charge in [-0.05, 0) is 30.7 Å². The van der Waals surface area contributed by atoms with Gasteiger partial charge in [0, 0.05) is 6.20 Å². The predicted molar refractivity (Wildman–Crippen MR) is 76.1 cm³/mol. The van der Waals surface area contributed by atoms with E-state index >= 15 is 0 Å². The first-order chi connectivity index (χ1) is 9.69. The maximum Gasteiger partial charge on any atom is 0.262 e. The Hall–Kier alpha value is -2.56. The van der Waals surface area contributed by atoms with E-state index in [0.29, 0.717) is 17.2 Å². The van der Waals surface area contributed by atoms with E-state index in [1.54, 1.807) is 31.6 Å². The first kappa shape index (κ1) is 13.9. The van der Waals surface area contributed by atoms with Gasteiger partial charge in [-0.25, -0.2) is 0 Å². The molecule has 20 heavy (non-hydrogen) atoms. The normalized spacial score (nSPS) is 9.90. The highest BCUT2D eigenvalue weighted by molar-refractivity contribution is 5.91. The first-order valence-corrected chi connectivity index (χ1v) is 6.16. The fourth-order valence-electron chi connectivity index (χ4n) is 1.70. The molecule has 0 bridgehead atoms. The number of hydrogen-bond acceptors (Lipinski definition) is 4. The second-order valence-electron chi connectivity index (χ2n) is 4.24. The van der Waals surface area contributed by atoms with Crippen LogP contribution >= 0.6 is 0 Å². The van der Waals surface area contributed by atoms with Crippen molar-refractivity contribution in [1.82, 2.24) is 4.98 Å². The Labute approximate surface area is 117 Å². The number of hydrogen-bond donors (Lipinski definition) is 1. The van der Waals surface area contributed by atoms with Gasteiger partial charge in [0.2, 0.25) is 0 Å². The van der Waals surface area contributed by atoms with Crippen LogP contribution in [0.15, 0.2) is 42.7 Å². The average Bonchev–Trinajstić information content (AvgIpc) is 2.45. The van der Waals surface area contributed by atoms with E-state index in [1.807, 2.05) is 25.1 Å². The molecule has 1 N–H and O–H groups in total. The van der Waals surface area contributed by atoms with Crippen LogP contribution in [0.2, 0.25) is 0 Å². The number of carbonyl (C=O) groups excluding carboxylic acids is 1. The number of benzene rings is 1. The number of amides is 1. The van der Waals surface area contributed by atoms with Gasteiger partial charge in [-0.2, -0.15) is 0 Å². The lowest BCUT2D eigenvalue weighted by Gasteiger charge is -2.10. The van der Waals surface area contributed by atoms with E-state index < -0.39 is 0 Å². The largest absolute Gasteiger partial charge is 0.493 e. The third-order valence-corrected chi connectivity index (χ3v) is 2.59. The molecule has 1 heterocycles. The van der Waals surface area contributed by atoms with Gasteiger partial charge >= 0.3 is 0 Å². The molecule has 104 valence electrons. The minimum Gasteiger partial charge on any atom is -0.493 e. The lowest BCUT2D eigenvalue weighted by molar-refractivity contribution is -0.118. The Morgan fingerprint density at radius 1 is 1.25 bits per heavy atom. The molecule has 5 nitrogen and oxygen atoms in total. The molecule has 2 aromatic rings. The van der Waals surface area contributed by atoms with Gasteiger partial charge in [0.15, 0.2) is 18.1 Å². The summed E-state index contributed by atoms with van der Waals surface area (Å²) in [6, 6.07) is 9.02. The second kappa shape index (κ2) is 6.56. The predicted octanol–water partition coefficient (Wildman–Crippen LogP) is 2.42. The van der Waals surface area contributed by atoms with Crippen LogP contribution in [-0.2, 0) is 4.79 Å². The number of ether oxygens (including phenoxy) is 2. The lowest BCUT2D eigenvalue weighted by Crippen LogP contribution is -2.20. The van der Waals surface area contributed by atoms with Gasteiger partial charge in [-0.3, -0.25) is 9.78 Å². The van der Waals surface area contributed by atoms with E-state index in [1.165, 1.54) is 0 Å². The smallest absolute Gasteiger partial charge is 0.262 e. The number of nitrogens with zero attached hydrogens (tertiary/aromatic N) is 1. The van der Waals surface area contributed by atoms with Crippen LogP contribution in [0.1, 0.15) is 5.56 Å². The zero-order valence-corrected chi connectivity index (χ0v) is 11.4. The Balaban J connectivity index is 1.92. The highest BCUT2D eigenvalue weighted by atomic mass is 16.5. The van der Waals surface area contributed by atoms with Crippen molar-refractivity contribution in [2.24, 2.45) is 0 Å². The third-order valence-electron chi connectivity index (χ3n) is 2.59. The first-order valence-electron chi connectivity index (χ1n) is 6.16. The summed E-state index contributed by atoms with van der Waals surface area (Å²) in [4.78, 5) is 15.8. The molecule has 0 spiro atoms. The summed E-state index contributed by atoms with van der Waals surface area (Å²) >= 11 is 0. The minimum absolute atomic E-state index is 0.0890. The zero-order chi connectivity index (χ0) is 14.4. The number of methoxy groups -OCH3 is 1. The molecule has 1 aromatic carbocycles. The molecule has 2 rings (SSSR count). The van der Waals surface area contributed by atoms with Gasteiger partial charge in [-0.1, -0.05) is 12.1 Å². The SMILES string of the molecule is COc1ccccc1OCC(=O)Nc1cncc(C)c1. The molecule has 1 aromatic heterocycles. The minimum atomic E-state index is -0.247. The molecule has 0 fully saturated rings. The molecule has 0 aliphatic carbocycles. The number of carbonyl (C=O) groups is 1. The highest BCUT2D eigenvalue weighted by Crippen LogP contribution is 2.25. The van der Waals surface area contributed by atoms with Gasteiger partial charge in [0.05, 0.1) is 19.0 Å². The van der Waals surface area contributed by atoms with Crippen molar-refractivity contribution in [3.05, 3.63) is 48.3 Å². The molecular formula is C15H16N2O3. The van der Waals surface area contributed by atoms with Crippen molar-refractivity contribution in [1.29, 1.82) is 0 Å². The van der Waals surface area contributed by atoms with Gasteiger partial charge in [-0.15, -0.1) is 0 Å². The van der Waals surface area contributed by atoms with Crippen LogP contribution < -0.4 is 14.8 Å². The van der Waals surface area contributed by atoms with E-state index in [9.17, 15) is 4.79 Å². The van der Waals surface area contributed by atoms with Crippen molar-refractivity contribution >= 4 is 11.6 Å². The van der Waals surface area contributed by atoms with Gasteiger partial charge < -0.3 is 14.8 Å². The maximum atomic E-state index is 11.8. The number of aryl methyl sites for hydroxylation is 1. The number of nitrogens with one attached hydrogen (secondary N) is 1. The van der Waals surface area contributed by atoms with Crippen LogP contribution in [0.25, 0.3) is 0 Å². The summed E-state index contributed by atoms with van der Waals surface area (Å²) in [5.41, 5.74) is 1.63. The van der Waals surface area contributed by atoms with Crippen LogP contribution in [0.5, 0.6) is 11.5 Å². The monoisotopic (exact) mass is 272 g/mol. The molecule has 0 saturated heterocycles. The van der Waals surface area contributed by atoms with Crippen molar-refractivity contribution in [3.63, 3.8) is 0 Å². The van der Waals surface area contributed by atoms with Crippen molar-refractivity contribution < 1.29 is 14.3 Å². The third kappa shape index (κ3) is 3.71. The quantitative estimate of drug-likeness (QED) is 0.908. The van der Waals surface area contributed by atoms with Crippen molar-refractivity contribution in [2.45, 2.75) is 6.92 Å². The van der Waals surface area contributed by atoms with Crippen molar-refractivity contribution in [3.8, 4) is 11.5 Å². The van der Waals surface area contributed by atoms with Gasteiger partial charge in [0.25, 0.3) is 5.91 Å². The topological polar surface area (TPSA) is 60.5 Å². The molecule has 0 atom stereocenters. The Bertz CT molecular complexity index is 599. The maximum absolute atomic E-state index is 11.8. The number of anilines is 1. The molecule has 5 heteroatoms. The average molecular weight is 272 g/mol. The summed E-state index contributed by atoms with van der Waals surface area (Å²) in [5, 5.41) is 2.72. The number of rotatable bonds is 5. The zero-order valence-electron chi connectivity index (χ0n) is 11.4. The molecule has 0 aliphatic heterocycles. The molecule has 0 unspecified atom stereocenters. The summed E-state index contributed by atoms with van der Waals surface area (Å²) < 4.78 is 10.6. The molecule has 0 saturated carbocycles. The van der Waals surface area contributed by atoms with E-state index in [4.69, 9.17) is 9.47 Å². The van der Waals surface area contributed by atoms with Crippen LogP contribution in [0.4, 0.5) is 5.69 Å². The fraction of sp³-hybridized carbons (Fsp3) is 0.200. The second-order valence-corrected chi connectivity index (χ2v) is 4.24. The summed E-state index contributed by atoms with van der Waals surface area (Å²) in [6.45, 7) is 1.82. The van der Waals surface area contributed by atoms with Crippen LogP contribution in [-0.4, -0.2) is 24.6 Å². The van der Waals surface area contributed by atoms with E-state index in [-0.39, 0.29) is 12.5 Å². The Kier molecular flexibility index (Phi) is 4.55. The van der Waals surface area contributed by atoms with E-state index in [0.717, 1.165) is 5.56 Å². The number of aromatic nitrogens is 1. The number of para-hydroxylation sites is 2. The summed E-state index contributed by atoms with van der Waals surface area (Å²) in [6.07, 6.45) is 3.31. The summed E-state index contributed by atoms with van der Waals surface area (Å²) in [5.74, 6) is 0.883. The highest BCUT2D eigenvalue weighted by Gasteiger charge is 2.07.